The second kappa shape index (κ2) is 5.77. The van der Waals surface area contributed by atoms with Crippen molar-refractivity contribution in [1.29, 1.82) is 0 Å². The van der Waals surface area contributed by atoms with Crippen LogP contribution < -0.4 is 5.43 Å². The van der Waals surface area contributed by atoms with E-state index >= 15 is 0 Å². The molecule has 1 aromatic heterocycles. The average Bonchev–Trinajstić information content (AvgIpc) is 2.49. The molecule has 1 aliphatic rings. The number of benzene rings is 1. The van der Waals surface area contributed by atoms with Crippen molar-refractivity contribution in [3.05, 3.63) is 41.2 Å². The number of halogens is 1. The average molecular weight is 290 g/mol. The molecule has 1 aromatic carbocycles. The van der Waals surface area contributed by atoms with Crippen LogP contribution in [0.3, 0.4) is 0 Å². The lowest BCUT2D eigenvalue weighted by atomic mass is 10.1. The van der Waals surface area contributed by atoms with E-state index in [-0.39, 0.29) is 5.91 Å². The quantitative estimate of drug-likeness (QED) is 0.865. The standard InChI is InChI=1S/C15H16ClN3O/c16-14-12-7-3-2-6-11(12)13(10-17-14)15(20)18-19-8-4-1-5-9-19/h2-3,6-7,10H,1,4-5,8-9H2,(H,18,20). The molecule has 5 heteroatoms. The van der Waals surface area contributed by atoms with Gasteiger partial charge in [-0.25, -0.2) is 9.99 Å². The summed E-state index contributed by atoms with van der Waals surface area (Å²) < 4.78 is 0. The van der Waals surface area contributed by atoms with Crippen molar-refractivity contribution in [3.63, 3.8) is 0 Å². The number of fused-ring (bicyclic) bond motifs is 1. The lowest BCUT2D eigenvalue weighted by Gasteiger charge is -2.26. The zero-order chi connectivity index (χ0) is 13.9. The first-order valence-corrected chi connectivity index (χ1v) is 7.22. The largest absolute Gasteiger partial charge is 0.285 e. The molecule has 2 heterocycles. The van der Waals surface area contributed by atoms with E-state index in [1.54, 1.807) is 6.20 Å². The van der Waals surface area contributed by atoms with Crippen LogP contribution in [0.5, 0.6) is 0 Å². The molecule has 0 aliphatic carbocycles. The third-order valence-electron chi connectivity index (χ3n) is 3.61. The van der Waals surface area contributed by atoms with Gasteiger partial charge in [0.15, 0.2) is 0 Å². The smallest absolute Gasteiger partial charge is 0.267 e. The molecule has 0 saturated carbocycles. The van der Waals surface area contributed by atoms with Gasteiger partial charge in [-0.15, -0.1) is 0 Å². The second-order valence-electron chi connectivity index (χ2n) is 5.00. The van der Waals surface area contributed by atoms with Crippen LogP contribution in [0.2, 0.25) is 5.15 Å². The van der Waals surface area contributed by atoms with Crippen LogP contribution in [0, 0.1) is 0 Å². The van der Waals surface area contributed by atoms with E-state index in [2.05, 4.69) is 10.4 Å². The molecular formula is C15H16ClN3O. The van der Waals surface area contributed by atoms with E-state index < -0.39 is 0 Å². The molecule has 0 unspecified atom stereocenters. The molecule has 0 atom stereocenters. The van der Waals surface area contributed by atoms with Crippen molar-refractivity contribution in [2.24, 2.45) is 0 Å². The van der Waals surface area contributed by atoms with Crippen molar-refractivity contribution < 1.29 is 4.79 Å². The second-order valence-corrected chi connectivity index (χ2v) is 5.35. The highest BCUT2D eigenvalue weighted by Gasteiger charge is 2.17. The predicted octanol–water partition coefficient (Wildman–Crippen LogP) is 3.02. The number of carbonyl (C=O) groups is 1. The highest BCUT2D eigenvalue weighted by atomic mass is 35.5. The zero-order valence-electron chi connectivity index (χ0n) is 11.1. The highest BCUT2D eigenvalue weighted by Crippen LogP contribution is 2.24. The van der Waals surface area contributed by atoms with Gasteiger partial charge in [0, 0.05) is 24.7 Å². The first-order valence-electron chi connectivity index (χ1n) is 6.85. The van der Waals surface area contributed by atoms with Gasteiger partial charge < -0.3 is 0 Å². The van der Waals surface area contributed by atoms with Gasteiger partial charge in [-0.2, -0.15) is 0 Å². The van der Waals surface area contributed by atoms with Gasteiger partial charge in [-0.3, -0.25) is 10.2 Å². The van der Waals surface area contributed by atoms with Crippen molar-refractivity contribution in [1.82, 2.24) is 15.4 Å². The molecule has 1 aliphatic heterocycles. The molecule has 104 valence electrons. The fourth-order valence-electron chi connectivity index (χ4n) is 2.55. The summed E-state index contributed by atoms with van der Waals surface area (Å²) in [6, 6.07) is 7.56. The number of rotatable bonds is 2. The van der Waals surface area contributed by atoms with Crippen LogP contribution in [0.1, 0.15) is 29.6 Å². The van der Waals surface area contributed by atoms with Gasteiger partial charge in [0.1, 0.15) is 5.15 Å². The van der Waals surface area contributed by atoms with Crippen molar-refractivity contribution >= 4 is 28.3 Å². The first-order chi connectivity index (χ1) is 9.75. The van der Waals surface area contributed by atoms with Gasteiger partial charge in [0.25, 0.3) is 5.91 Å². The Bertz CT molecular complexity index is 638. The Kier molecular flexibility index (Phi) is 3.85. The molecule has 20 heavy (non-hydrogen) atoms. The Balaban J connectivity index is 1.89. The summed E-state index contributed by atoms with van der Waals surface area (Å²) in [7, 11) is 0. The number of hydrogen-bond donors (Lipinski definition) is 1. The van der Waals surface area contributed by atoms with Gasteiger partial charge in [-0.05, 0) is 18.2 Å². The molecule has 0 radical (unpaired) electrons. The Labute approximate surface area is 122 Å². The summed E-state index contributed by atoms with van der Waals surface area (Å²) in [6.07, 6.45) is 5.03. The van der Waals surface area contributed by atoms with Crippen LogP contribution in [0.15, 0.2) is 30.5 Å². The topological polar surface area (TPSA) is 45.2 Å². The fourth-order valence-corrected chi connectivity index (χ4v) is 2.76. The van der Waals surface area contributed by atoms with Crippen LogP contribution in [-0.4, -0.2) is 29.0 Å². The van der Waals surface area contributed by atoms with E-state index in [0.717, 1.165) is 36.7 Å². The Morgan fingerprint density at radius 3 is 2.60 bits per heavy atom. The summed E-state index contributed by atoms with van der Waals surface area (Å²) in [4.78, 5) is 16.5. The van der Waals surface area contributed by atoms with Crippen LogP contribution >= 0.6 is 11.6 Å². The third kappa shape index (κ3) is 2.62. The number of pyridine rings is 1. The number of nitrogens with zero attached hydrogens (tertiary/aromatic N) is 2. The minimum atomic E-state index is -0.118. The maximum Gasteiger partial charge on any atom is 0.267 e. The van der Waals surface area contributed by atoms with E-state index in [4.69, 9.17) is 11.6 Å². The highest BCUT2D eigenvalue weighted by molar-refractivity contribution is 6.34. The number of amides is 1. The summed E-state index contributed by atoms with van der Waals surface area (Å²) in [5.41, 5.74) is 3.52. The van der Waals surface area contributed by atoms with Gasteiger partial charge >= 0.3 is 0 Å². The molecule has 3 rings (SSSR count). The first kappa shape index (κ1) is 13.3. The van der Waals surface area contributed by atoms with Gasteiger partial charge in [0.05, 0.1) is 5.56 Å². The number of hydrazine groups is 1. The van der Waals surface area contributed by atoms with Gasteiger partial charge in [-0.1, -0.05) is 42.3 Å². The number of piperidine rings is 1. The summed E-state index contributed by atoms with van der Waals surface area (Å²) in [5, 5.41) is 4.05. The lowest BCUT2D eigenvalue weighted by molar-refractivity contribution is 0.0751. The van der Waals surface area contributed by atoms with E-state index in [1.807, 2.05) is 29.3 Å². The number of nitrogens with one attached hydrogen (secondary N) is 1. The number of aromatic nitrogens is 1. The van der Waals surface area contributed by atoms with Gasteiger partial charge in [0.2, 0.25) is 0 Å². The molecular weight excluding hydrogens is 274 g/mol. The summed E-state index contributed by atoms with van der Waals surface area (Å²) in [5.74, 6) is -0.118. The van der Waals surface area contributed by atoms with Crippen LogP contribution in [-0.2, 0) is 0 Å². The fraction of sp³-hybridized carbons (Fsp3) is 0.333. The molecule has 1 saturated heterocycles. The summed E-state index contributed by atoms with van der Waals surface area (Å²) in [6.45, 7) is 1.81. The maximum absolute atomic E-state index is 12.4. The molecule has 2 aromatic rings. The lowest BCUT2D eigenvalue weighted by Crippen LogP contribution is -2.45. The molecule has 1 fully saturated rings. The number of hydrogen-bond acceptors (Lipinski definition) is 3. The Hall–Kier alpha value is -1.65. The minimum absolute atomic E-state index is 0.118. The molecule has 0 bridgehead atoms. The molecule has 0 spiro atoms. The van der Waals surface area contributed by atoms with Crippen LogP contribution in [0.25, 0.3) is 10.8 Å². The van der Waals surface area contributed by atoms with E-state index in [1.165, 1.54) is 6.42 Å². The number of carbonyl (C=O) groups excluding carboxylic acids is 1. The van der Waals surface area contributed by atoms with E-state index in [0.29, 0.717) is 10.7 Å². The Morgan fingerprint density at radius 2 is 1.85 bits per heavy atom. The Morgan fingerprint density at radius 1 is 1.15 bits per heavy atom. The maximum atomic E-state index is 12.4. The molecule has 1 amide bonds. The zero-order valence-corrected chi connectivity index (χ0v) is 11.9. The van der Waals surface area contributed by atoms with E-state index in [9.17, 15) is 4.79 Å². The molecule has 1 N–H and O–H groups in total. The SMILES string of the molecule is O=C(NN1CCCCC1)c1cnc(Cl)c2ccccc12. The summed E-state index contributed by atoms with van der Waals surface area (Å²) >= 11 is 6.07. The predicted molar refractivity (Wildman–Crippen MR) is 79.6 cm³/mol. The monoisotopic (exact) mass is 289 g/mol. The van der Waals surface area contributed by atoms with Crippen molar-refractivity contribution in [2.75, 3.05) is 13.1 Å². The van der Waals surface area contributed by atoms with Crippen LogP contribution in [0.4, 0.5) is 0 Å². The third-order valence-corrected chi connectivity index (χ3v) is 3.91. The normalized spacial score (nSPS) is 16.2. The minimum Gasteiger partial charge on any atom is -0.285 e. The van der Waals surface area contributed by atoms with Crippen molar-refractivity contribution in [3.8, 4) is 0 Å². The van der Waals surface area contributed by atoms with Crippen molar-refractivity contribution in [2.45, 2.75) is 19.3 Å². The molecule has 4 nitrogen and oxygen atoms in total.